The Kier molecular flexibility index (Phi) is 3.43. The van der Waals surface area contributed by atoms with E-state index in [0.29, 0.717) is 18.9 Å². The third-order valence-corrected chi connectivity index (χ3v) is 2.76. The van der Waals surface area contributed by atoms with Gasteiger partial charge in [0.25, 0.3) is 0 Å². The second kappa shape index (κ2) is 4.68. The van der Waals surface area contributed by atoms with E-state index in [9.17, 15) is 26.3 Å². The number of imidazole rings is 1. The van der Waals surface area contributed by atoms with Gasteiger partial charge >= 0.3 is 12.4 Å². The van der Waals surface area contributed by atoms with Gasteiger partial charge in [-0.05, 0) is 18.6 Å². The van der Waals surface area contributed by atoms with Gasteiger partial charge in [0, 0.05) is 6.42 Å². The Labute approximate surface area is 109 Å². The van der Waals surface area contributed by atoms with Gasteiger partial charge in [0.15, 0.2) is 0 Å². The monoisotopic (exact) mass is 296 g/mol. The lowest BCUT2D eigenvalue weighted by molar-refractivity contribution is -0.142. The van der Waals surface area contributed by atoms with Gasteiger partial charge in [0.2, 0.25) is 0 Å². The quantitative estimate of drug-likeness (QED) is 0.809. The maximum atomic E-state index is 12.9. The maximum absolute atomic E-state index is 12.9. The number of alkyl halides is 6. The van der Waals surface area contributed by atoms with Crippen LogP contribution in [-0.2, 0) is 18.8 Å². The molecule has 110 valence electrons. The van der Waals surface area contributed by atoms with Gasteiger partial charge in [-0.25, -0.2) is 4.98 Å². The van der Waals surface area contributed by atoms with Crippen molar-refractivity contribution >= 4 is 11.0 Å². The number of nitrogens with one attached hydrogen (secondary N) is 1. The standard InChI is InChI=1S/C12H10F6N2/c1-2-3-9-19-8-5-6(11(13,14)15)4-7(10(8)20-9)12(16,17)18/h4-5H,2-3H2,1H3,(H,19,20). The largest absolute Gasteiger partial charge is 0.418 e. The molecule has 1 N–H and O–H groups in total. The molecule has 0 aliphatic heterocycles. The molecule has 2 aromatic rings. The molecule has 0 saturated heterocycles. The van der Waals surface area contributed by atoms with Gasteiger partial charge in [-0.1, -0.05) is 6.92 Å². The van der Waals surface area contributed by atoms with Gasteiger partial charge in [-0.3, -0.25) is 0 Å². The molecular formula is C12H10F6N2. The van der Waals surface area contributed by atoms with E-state index in [2.05, 4.69) is 9.97 Å². The Balaban J connectivity index is 2.72. The Morgan fingerprint density at radius 2 is 1.70 bits per heavy atom. The molecule has 2 nitrogen and oxygen atoms in total. The van der Waals surface area contributed by atoms with Crippen LogP contribution in [0.3, 0.4) is 0 Å². The minimum Gasteiger partial charge on any atom is -0.341 e. The molecule has 0 fully saturated rings. The number of nitrogens with zero attached hydrogens (tertiary/aromatic N) is 1. The molecule has 0 atom stereocenters. The highest BCUT2D eigenvalue weighted by Gasteiger charge is 2.38. The van der Waals surface area contributed by atoms with Gasteiger partial charge in [0.05, 0.1) is 22.2 Å². The lowest BCUT2D eigenvalue weighted by Crippen LogP contribution is -2.11. The molecule has 0 saturated carbocycles. The first-order chi connectivity index (χ1) is 9.13. The molecule has 0 unspecified atom stereocenters. The lowest BCUT2D eigenvalue weighted by Gasteiger charge is -2.12. The van der Waals surface area contributed by atoms with E-state index in [-0.39, 0.29) is 17.4 Å². The van der Waals surface area contributed by atoms with Crippen LogP contribution in [0.2, 0.25) is 0 Å². The molecule has 0 aliphatic rings. The van der Waals surface area contributed by atoms with Gasteiger partial charge in [-0.2, -0.15) is 26.3 Å². The van der Waals surface area contributed by atoms with E-state index in [4.69, 9.17) is 0 Å². The molecule has 0 spiro atoms. The van der Waals surface area contributed by atoms with Gasteiger partial charge in [0.1, 0.15) is 5.82 Å². The van der Waals surface area contributed by atoms with Crippen molar-refractivity contribution in [3.8, 4) is 0 Å². The average Bonchev–Trinajstić information content (AvgIpc) is 2.67. The molecule has 8 heteroatoms. The summed E-state index contributed by atoms with van der Waals surface area (Å²) in [5.74, 6) is 0.243. The molecule has 0 amide bonds. The van der Waals surface area contributed by atoms with Crippen LogP contribution >= 0.6 is 0 Å². The summed E-state index contributed by atoms with van der Waals surface area (Å²) < 4.78 is 76.5. The fourth-order valence-electron chi connectivity index (χ4n) is 1.91. The fourth-order valence-corrected chi connectivity index (χ4v) is 1.91. The number of aromatic nitrogens is 2. The summed E-state index contributed by atoms with van der Waals surface area (Å²) in [6.07, 6.45) is -8.74. The van der Waals surface area contributed by atoms with Crippen LogP contribution in [0.15, 0.2) is 12.1 Å². The van der Waals surface area contributed by atoms with Gasteiger partial charge in [-0.15, -0.1) is 0 Å². The normalized spacial score (nSPS) is 13.2. The topological polar surface area (TPSA) is 28.7 Å². The molecular weight excluding hydrogens is 286 g/mol. The van der Waals surface area contributed by atoms with Crippen molar-refractivity contribution in [2.24, 2.45) is 0 Å². The van der Waals surface area contributed by atoms with Crippen LogP contribution in [0.5, 0.6) is 0 Å². The lowest BCUT2D eigenvalue weighted by atomic mass is 10.1. The third-order valence-electron chi connectivity index (χ3n) is 2.76. The molecule has 1 aromatic heterocycles. The third kappa shape index (κ3) is 2.73. The summed E-state index contributed by atoms with van der Waals surface area (Å²) in [5.41, 5.74) is -3.44. The second-order valence-electron chi connectivity index (χ2n) is 4.35. The Morgan fingerprint density at radius 1 is 1.05 bits per heavy atom. The second-order valence-corrected chi connectivity index (χ2v) is 4.35. The van der Waals surface area contributed by atoms with Crippen LogP contribution in [0.25, 0.3) is 11.0 Å². The highest BCUT2D eigenvalue weighted by Crippen LogP contribution is 2.39. The number of hydrogen-bond donors (Lipinski definition) is 1. The van der Waals surface area contributed by atoms with Crippen molar-refractivity contribution in [3.05, 3.63) is 29.1 Å². The van der Waals surface area contributed by atoms with Crippen molar-refractivity contribution in [3.63, 3.8) is 0 Å². The predicted molar refractivity (Wildman–Crippen MR) is 60.1 cm³/mol. The smallest absolute Gasteiger partial charge is 0.341 e. The molecule has 1 heterocycles. The zero-order chi connectivity index (χ0) is 15.1. The van der Waals surface area contributed by atoms with E-state index in [0.717, 1.165) is 0 Å². The van der Waals surface area contributed by atoms with E-state index in [1.165, 1.54) is 0 Å². The number of hydrogen-bond acceptors (Lipinski definition) is 1. The van der Waals surface area contributed by atoms with Crippen molar-refractivity contribution in [1.82, 2.24) is 9.97 Å². The van der Waals surface area contributed by atoms with E-state index >= 15 is 0 Å². The van der Waals surface area contributed by atoms with Crippen molar-refractivity contribution < 1.29 is 26.3 Å². The number of halogens is 6. The molecule has 20 heavy (non-hydrogen) atoms. The van der Waals surface area contributed by atoms with Crippen molar-refractivity contribution in [2.45, 2.75) is 32.1 Å². The number of benzene rings is 1. The summed E-state index contributed by atoms with van der Waals surface area (Å²) in [6.45, 7) is 1.79. The number of rotatable bonds is 2. The van der Waals surface area contributed by atoms with E-state index in [1.807, 2.05) is 0 Å². The molecule has 2 rings (SSSR count). The summed E-state index contributed by atoms with van der Waals surface area (Å²) in [5, 5.41) is 0. The van der Waals surface area contributed by atoms with Crippen LogP contribution in [-0.4, -0.2) is 9.97 Å². The first-order valence-electron chi connectivity index (χ1n) is 5.80. The maximum Gasteiger partial charge on any atom is 0.418 e. The average molecular weight is 296 g/mol. The van der Waals surface area contributed by atoms with Gasteiger partial charge < -0.3 is 4.98 Å². The fraction of sp³-hybridized carbons (Fsp3) is 0.417. The van der Waals surface area contributed by atoms with Crippen LogP contribution in [0.4, 0.5) is 26.3 Å². The number of fused-ring (bicyclic) bond motifs is 1. The van der Waals surface area contributed by atoms with E-state index in [1.54, 1.807) is 6.92 Å². The zero-order valence-corrected chi connectivity index (χ0v) is 10.3. The molecule has 0 aliphatic carbocycles. The highest BCUT2D eigenvalue weighted by molar-refractivity contribution is 5.80. The Hall–Kier alpha value is -1.73. The first-order valence-corrected chi connectivity index (χ1v) is 5.80. The first kappa shape index (κ1) is 14.7. The minimum absolute atomic E-state index is 0.107. The van der Waals surface area contributed by atoms with Crippen LogP contribution < -0.4 is 0 Å². The van der Waals surface area contributed by atoms with E-state index < -0.39 is 29.0 Å². The summed E-state index contributed by atoms with van der Waals surface area (Å²) in [7, 11) is 0. The number of H-pyrrole nitrogens is 1. The SMILES string of the molecule is CCCc1nc2cc(C(F)(F)F)cc(C(F)(F)F)c2[nH]1. The van der Waals surface area contributed by atoms with Crippen molar-refractivity contribution in [1.29, 1.82) is 0 Å². The highest BCUT2D eigenvalue weighted by atomic mass is 19.4. The van der Waals surface area contributed by atoms with Crippen LogP contribution in [0.1, 0.15) is 30.3 Å². The summed E-state index contributed by atoms with van der Waals surface area (Å²) in [6, 6.07) is 0.733. The minimum atomic E-state index is -4.88. The van der Waals surface area contributed by atoms with Crippen LogP contribution in [0, 0.1) is 0 Å². The molecule has 1 aromatic carbocycles. The number of aryl methyl sites for hydroxylation is 1. The van der Waals surface area contributed by atoms with Crippen molar-refractivity contribution in [2.75, 3.05) is 0 Å². The zero-order valence-electron chi connectivity index (χ0n) is 10.3. The molecule has 0 radical (unpaired) electrons. The summed E-state index contributed by atoms with van der Waals surface area (Å²) >= 11 is 0. The molecule has 0 bridgehead atoms. The Morgan fingerprint density at radius 3 is 2.20 bits per heavy atom. The predicted octanol–water partition coefficient (Wildman–Crippen LogP) is 4.55. The Bertz CT molecular complexity index is 623. The summed E-state index contributed by atoms with van der Waals surface area (Å²) in [4.78, 5) is 6.25. The number of aromatic amines is 1.